The molecule has 1 fully saturated rings. The number of rotatable bonds is 11. The van der Waals surface area contributed by atoms with Crippen LogP contribution in [0.15, 0.2) is 59.8 Å². The number of aromatic nitrogens is 1. The lowest BCUT2D eigenvalue weighted by atomic mass is 9.77. The molecule has 11 heteroatoms. The summed E-state index contributed by atoms with van der Waals surface area (Å²) in [6.07, 6.45) is 3.77. The summed E-state index contributed by atoms with van der Waals surface area (Å²) >= 11 is 0. The number of carbonyl (C=O) groups excluding carboxylic acids is 3. The van der Waals surface area contributed by atoms with E-state index < -0.39 is 23.4 Å². The third-order valence-corrected chi connectivity index (χ3v) is 8.07. The number of para-hydroxylation sites is 1. The minimum atomic E-state index is -1.18. The Morgan fingerprint density at radius 2 is 1.86 bits per heavy atom. The van der Waals surface area contributed by atoms with Gasteiger partial charge in [-0.25, -0.2) is 0 Å². The molecule has 11 nitrogen and oxygen atoms in total. The number of aromatic amines is 1. The fraction of sp³-hybridized carbons (Fsp3) is 0.438. The van der Waals surface area contributed by atoms with Gasteiger partial charge in [0.05, 0.1) is 18.1 Å². The number of H-pyrrole nitrogens is 1. The van der Waals surface area contributed by atoms with Crippen LogP contribution in [-0.4, -0.2) is 64.8 Å². The Kier molecular flexibility index (Phi) is 10.1. The Labute approximate surface area is 252 Å². The Hall–Kier alpha value is -4.38. The van der Waals surface area contributed by atoms with Gasteiger partial charge in [0, 0.05) is 48.9 Å². The van der Waals surface area contributed by atoms with Crippen LogP contribution in [0.4, 0.5) is 0 Å². The van der Waals surface area contributed by atoms with Gasteiger partial charge in [0.2, 0.25) is 11.8 Å². The highest BCUT2D eigenvalue weighted by Gasteiger charge is 2.41. The molecule has 8 N–H and O–H groups in total. The molecular weight excluding hydrogens is 546 g/mol. The average molecular weight is 590 g/mol. The number of likely N-dealkylation sites (tertiary alicyclic amines) is 1. The standard InChI is InChI=1S/C32H43N7O4/c1-4-43-30(41)25-19-39(16-15-24(25)22-10-6-5-9-20(22)13-14-28(33)38-35)29(40)27(37-31(42)32(2,3)34)17-21-18-36-26-12-8-7-11-23(21)26/h5-12,18,24-25,27,36H,4,13-17,19,34-35H2,1-3H3,(H2,33,38)(H,37,42)/t24?,25?,27-/m1/s1. The van der Waals surface area contributed by atoms with E-state index in [1.807, 2.05) is 54.7 Å². The molecule has 2 unspecified atom stereocenters. The second-order valence-electron chi connectivity index (χ2n) is 11.7. The molecular formula is C32H43N7O4. The fourth-order valence-corrected chi connectivity index (χ4v) is 5.75. The van der Waals surface area contributed by atoms with Gasteiger partial charge in [0.25, 0.3) is 0 Å². The first-order valence-electron chi connectivity index (χ1n) is 14.7. The maximum Gasteiger partial charge on any atom is 0.311 e. The average Bonchev–Trinajstić information content (AvgIpc) is 3.41. The van der Waals surface area contributed by atoms with Gasteiger partial charge in [-0.2, -0.15) is 5.10 Å². The SMILES string of the molecule is CCOC(=O)C1CN(C(=O)[C@@H](Cc2c[nH]c3ccccc23)NC(=O)C(C)(C)N)CCC1c1ccccc1CC/C(N)=N/N. The predicted molar refractivity (Wildman–Crippen MR) is 167 cm³/mol. The highest BCUT2D eigenvalue weighted by molar-refractivity contribution is 5.93. The monoisotopic (exact) mass is 589 g/mol. The molecule has 43 heavy (non-hydrogen) atoms. The maximum atomic E-state index is 14.1. The lowest BCUT2D eigenvalue weighted by Crippen LogP contribution is -2.58. The topological polar surface area (TPSA) is 182 Å². The first kappa shape index (κ1) is 31.6. The third kappa shape index (κ3) is 7.53. The molecule has 0 bridgehead atoms. The van der Waals surface area contributed by atoms with Crippen LogP contribution in [0.3, 0.4) is 0 Å². The minimum Gasteiger partial charge on any atom is -0.466 e. The van der Waals surface area contributed by atoms with Crippen molar-refractivity contribution in [3.8, 4) is 0 Å². The summed E-state index contributed by atoms with van der Waals surface area (Å²) in [5.41, 5.74) is 14.7. The Morgan fingerprint density at radius 1 is 1.14 bits per heavy atom. The number of esters is 1. The van der Waals surface area contributed by atoms with E-state index in [9.17, 15) is 14.4 Å². The van der Waals surface area contributed by atoms with Crippen LogP contribution in [0.25, 0.3) is 10.9 Å². The van der Waals surface area contributed by atoms with Gasteiger partial charge in [0.15, 0.2) is 0 Å². The summed E-state index contributed by atoms with van der Waals surface area (Å²) in [6, 6.07) is 14.8. The second kappa shape index (κ2) is 13.7. The fourth-order valence-electron chi connectivity index (χ4n) is 5.75. The largest absolute Gasteiger partial charge is 0.466 e. The summed E-state index contributed by atoms with van der Waals surface area (Å²) in [5, 5.41) is 7.44. The normalized spacial score (nSPS) is 18.3. The van der Waals surface area contributed by atoms with E-state index in [0.29, 0.717) is 31.6 Å². The van der Waals surface area contributed by atoms with Crippen LogP contribution in [0, 0.1) is 5.92 Å². The number of hydrazone groups is 1. The molecule has 1 aliphatic heterocycles. The zero-order valence-corrected chi connectivity index (χ0v) is 25.1. The van der Waals surface area contributed by atoms with Gasteiger partial charge >= 0.3 is 5.97 Å². The molecule has 1 saturated heterocycles. The van der Waals surface area contributed by atoms with E-state index >= 15 is 0 Å². The Morgan fingerprint density at radius 3 is 2.58 bits per heavy atom. The molecule has 1 aromatic heterocycles. The first-order chi connectivity index (χ1) is 20.5. The number of amidine groups is 1. The van der Waals surface area contributed by atoms with Crippen molar-refractivity contribution in [2.24, 2.45) is 28.3 Å². The first-order valence-corrected chi connectivity index (χ1v) is 14.7. The van der Waals surface area contributed by atoms with E-state index in [2.05, 4.69) is 15.4 Å². The van der Waals surface area contributed by atoms with Crippen LogP contribution in [-0.2, 0) is 32.0 Å². The van der Waals surface area contributed by atoms with Crippen LogP contribution in [0.5, 0.6) is 0 Å². The van der Waals surface area contributed by atoms with Gasteiger partial charge in [-0.05, 0) is 56.4 Å². The van der Waals surface area contributed by atoms with Gasteiger partial charge in [0.1, 0.15) is 11.9 Å². The number of nitrogens with two attached hydrogens (primary N) is 3. The van der Waals surface area contributed by atoms with E-state index in [0.717, 1.165) is 27.6 Å². The van der Waals surface area contributed by atoms with Crippen LogP contribution in [0.1, 0.15) is 56.2 Å². The summed E-state index contributed by atoms with van der Waals surface area (Å²) in [7, 11) is 0. The summed E-state index contributed by atoms with van der Waals surface area (Å²) in [6.45, 7) is 5.77. The zero-order chi connectivity index (χ0) is 31.1. The molecule has 1 aliphatic rings. The molecule has 2 heterocycles. The van der Waals surface area contributed by atoms with Crippen molar-refractivity contribution >= 4 is 34.5 Å². The van der Waals surface area contributed by atoms with Crippen molar-refractivity contribution in [1.29, 1.82) is 0 Å². The van der Waals surface area contributed by atoms with Crippen molar-refractivity contribution in [3.05, 3.63) is 71.4 Å². The molecule has 230 valence electrons. The Bertz CT molecular complexity index is 1480. The molecule has 2 amide bonds. The van der Waals surface area contributed by atoms with Crippen LogP contribution < -0.4 is 22.6 Å². The second-order valence-corrected chi connectivity index (χ2v) is 11.7. The summed E-state index contributed by atoms with van der Waals surface area (Å²) < 4.78 is 5.50. The van der Waals surface area contributed by atoms with E-state index in [1.54, 1.807) is 25.7 Å². The van der Waals surface area contributed by atoms with Crippen molar-refractivity contribution in [2.75, 3.05) is 19.7 Å². The van der Waals surface area contributed by atoms with Gasteiger partial charge in [-0.3, -0.25) is 14.4 Å². The number of hydrogen-bond donors (Lipinski definition) is 5. The summed E-state index contributed by atoms with van der Waals surface area (Å²) in [4.78, 5) is 45.4. The zero-order valence-electron chi connectivity index (χ0n) is 25.1. The van der Waals surface area contributed by atoms with E-state index in [1.165, 1.54) is 0 Å². The lowest BCUT2D eigenvalue weighted by molar-refractivity contribution is -0.153. The van der Waals surface area contributed by atoms with Gasteiger partial charge < -0.3 is 37.2 Å². The van der Waals surface area contributed by atoms with E-state index in [4.69, 9.17) is 22.0 Å². The van der Waals surface area contributed by atoms with Crippen molar-refractivity contribution < 1.29 is 19.1 Å². The molecule has 0 spiro atoms. The number of carbonyl (C=O) groups is 3. The highest BCUT2D eigenvalue weighted by atomic mass is 16.5. The number of benzene rings is 2. The molecule has 2 aromatic carbocycles. The third-order valence-electron chi connectivity index (χ3n) is 8.07. The van der Waals surface area contributed by atoms with Gasteiger partial charge in [-0.1, -0.05) is 42.5 Å². The maximum absolute atomic E-state index is 14.1. The van der Waals surface area contributed by atoms with E-state index in [-0.39, 0.29) is 37.4 Å². The number of ether oxygens (including phenoxy) is 1. The number of fused-ring (bicyclic) bond motifs is 1. The molecule has 3 atom stereocenters. The number of amides is 2. The van der Waals surface area contributed by atoms with Crippen molar-refractivity contribution in [2.45, 2.75) is 64.0 Å². The number of piperidine rings is 1. The lowest BCUT2D eigenvalue weighted by Gasteiger charge is -2.40. The summed E-state index contributed by atoms with van der Waals surface area (Å²) in [5.74, 6) is 3.87. The number of hydrogen-bond acceptors (Lipinski definition) is 7. The molecule has 3 aromatic rings. The molecule has 0 saturated carbocycles. The van der Waals surface area contributed by atoms with Crippen molar-refractivity contribution in [1.82, 2.24) is 15.2 Å². The number of nitrogens with zero attached hydrogens (tertiary/aromatic N) is 2. The van der Waals surface area contributed by atoms with Crippen LogP contribution >= 0.6 is 0 Å². The Balaban J connectivity index is 1.62. The van der Waals surface area contributed by atoms with Crippen molar-refractivity contribution in [3.63, 3.8) is 0 Å². The van der Waals surface area contributed by atoms with Crippen LogP contribution in [0.2, 0.25) is 0 Å². The molecule has 0 radical (unpaired) electrons. The molecule has 0 aliphatic carbocycles. The number of nitrogens with one attached hydrogen (secondary N) is 2. The number of aryl methyl sites for hydroxylation is 1. The predicted octanol–water partition coefficient (Wildman–Crippen LogP) is 2.29. The quantitative estimate of drug-likeness (QED) is 0.0747. The molecule has 4 rings (SSSR count). The smallest absolute Gasteiger partial charge is 0.311 e. The minimum absolute atomic E-state index is 0.162. The highest BCUT2D eigenvalue weighted by Crippen LogP contribution is 2.36. The van der Waals surface area contributed by atoms with Gasteiger partial charge in [-0.15, -0.1) is 0 Å².